The first-order valence-corrected chi connectivity index (χ1v) is 6.72. The Balaban J connectivity index is 2.49. The van der Waals surface area contributed by atoms with E-state index in [0.29, 0.717) is 32.1 Å². The fourth-order valence-electron chi connectivity index (χ4n) is 2.83. The monoisotopic (exact) mass is 274 g/mol. The van der Waals surface area contributed by atoms with E-state index in [1.54, 1.807) is 0 Å². The van der Waals surface area contributed by atoms with Gasteiger partial charge in [-0.3, -0.25) is 9.59 Å². The average Bonchev–Trinajstić information content (AvgIpc) is 2.78. The summed E-state index contributed by atoms with van der Waals surface area (Å²) >= 11 is 0. The predicted octanol–water partition coefficient (Wildman–Crippen LogP) is 1.35. The Morgan fingerprint density at radius 2 is 1.58 bits per heavy atom. The van der Waals surface area contributed by atoms with E-state index in [0.717, 1.165) is 0 Å². The van der Waals surface area contributed by atoms with E-state index in [2.05, 4.69) is 0 Å². The lowest BCUT2D eigenvalue weighted by atomic mass is 9.75. The Morgan fingerprint density at radius 1 is 1.00 bits per heavy atom. The number of unbranched alkanes of at least 4 members (excludes halogenated alkanes) is 2. The van der Waals surface area contributed by atoms with E-state index in [4.69, 9.17) is 5.11 Å². The molecule has 6 nitrogen and oxygen atoms in total. The van der Waals surface area contributed by atoms with Crippen LogP contribution in [0.2, 0.25) is 0 Å². The zero-order valence-corrected chi connectivity index (χ0v) is 11.0. The van der Waals surface area contributed by atoms with Crippen LogP contribution < -0.4 is 0 Å². The number of rotatable bonds is 8. The Hall–Kier alpha value is -1.14. The van der Waals surface area contributed by atoms with Gasteiger partial charge in [-0.2, -0.15) is 0 Å². The SMILES string of the molecule is O=C(O)CCCCCC(O)(O)C1(C(=O)O)CCCC1. The van der Waals surface area contributed by atoms with Crippen LogP contribution in [0, 0.1) is 5.41 Å². The van der Waals surface area contributed by atoms with Crippen molar-refractivity contribution in [1.82, 2.24) is 0 Å². The minimum absolute atomic E-state index is 0.0289. The van der Waals surface area contributed by atoms with Crippen LogP contribution >= 0.6 is 0 Å². The molecule has 0 radical (unpaired) electrons. The predicted molar refractivity (Wildman–Crippen MR) is 66.4 cm³/mol. The highest BCUT2D eigenvalue weighted by Gasteiger charge is 2.56. The number of carboxylic acid groups (broad SMARTS) is 2. The van der Waals surface area contributed by atoms with Crippen LogP contribution in [0.1, 0.15) is 57.8 Å². The van der Waals surface area contributed by atoms with Crippen LogP contribution in [0.3, 0.4) is 0 Å². The van der Waals surface area contributed by atoms with Gasteiger partial charge in [-0.25, -0.2) is 0 Å². The molecule has 0 spiro atoms. The molecule has 1 saturated carbocycles. The molecule has 0 aromatic carbocycles. The molecule has 6 heteroatoms. The van der Waals surface area contributed by atoms with Crippen molar-refractivity contribution < 1.29 is 30.0 Å². The van der Waals surface area contributed by atoms with E-state index in [9.17, 15) is 24.9 Å². The molecule has 0 aromatic heterocycles. The van der Waals surface area contributed by atoms with Crippen LogP contribution in [0.15, 0.2) is 0 Å². The third kappa shape index (κ3) is 3.67. The lowest BCUT2D eigenvalue weighted by Crippen LogP contribution is -2.51. The first-order valence-electron chi connectivity index (χ1n) is 6.72. The maximum absolute atomic E-state index is 11.4. The van der Waals surface area contributed by atoms with Gasteiger partial charge in [-0.05, 0) is 25.7 Å². The van der Waals surface area contributed by atoms with Gasteiger partial charge in [0.05, 0.1) is 0 Å². The fourth-order valence-corrected chi connectivity index (χ4v) is 2.83. The highest BCUT2D eigenvalue weighted by molar-refractivity contribution is 5.76. The van der Waals surface area contributed by atoms with Crippen LogP contribution in [-0.4, -0.2) is 38.2 Å². The van der Waals surface area contributed by atoms with Crippen molar-refractivity contribution in [3.63, 3.8) is 0 Å². The van der Waals surface area contributed by atoms with Crippen molar-refractivity contribution in [2.45, 2.75) is 63.6 Å². The van der Waals surface area contributed by atoms with Gasteiger partial charge in [0.15, 0.2) is 5.79 Å². The summed E-state index contributed by atoms with van der Waals surface area (Å²) in [5.41, 5.74) is -1.46. The zero-order valence-electron chi connectivity index (χ0n) is 11.0. The molecule has 1 fully saturated rings. The maximum atomic E-state index is 11.4. The smallest absolute Gasteiger partial charge is 0.315 e. The first kappa shape index (κ1) is 15.9. The average molecular weight is 274 g/mol. The molecule has 0 aliphatic heterocycles. The van der Waals surface area contributed by atoms with E-state index in [1.807, 2.05) is 0 Å². The molecule has 1 rings (SSSR count). The highest BCUT2D eigenvalue weighted by Crippen LogP contribution is 2.47. The molecule has 19 heavy (non-hydrogen) atoms. The Bertz CT molecular complexity index is 330. The number of hydrogen-bond acceptors (Lipinski definition) is 4. The molecule has 0 atom stereocenters. The second-order valence-electron chi connectivity index (χ2n) is 5.37. The number of aliphatic carboxylic acids is 2. The van der Waals surface area contributed by atoms with E-state index >= 15 is 0 Å². The van der Waals surface area contributed by atoms with Crippen molar-refractivity contribution in [2.24, 2.45) is 5.41 Å². The quantitative estimate of drug-likeness (QED) is 0.392. The standard InChI is InChI=1S/C13H22O6/c14-10(15)6-2-1-3-9-13(18,19)12(11(16)17)7-4-5-8-12/h18-19H,1-9H2,(H,14,15)(H,16,17). The summed E-state index contributed by atoms with van der Waals surface area (Å²) in [7, 11) is 0. The van der Waals surface area contributed by atoms with Gasteiger partial charge in [-0.15, -0.1) is 0 Å². The summed E-state index contributed by atoms with van der Waals surface area (Å²) in [5.74, 6) is -4.24. The summed E-state index contributed by atoms with van der Waals surface area (Å²) < 4.78 is 0. The largest absolute Gasteiger partial charge is 0.481 e. The summed E-state index contributed by atoms with van der Waals surface area (Å²) in [6.07, 6.45) is 3.38. The molecule has 0 unspecified atom stereocenters. The van der Waals surface area contributed by atoms with Gasteiger partial charge >= 0.3 is 11.9 Å². The molecule has 0 aromatic rings. The highest BCUT2D eigenvalue weighted by atomic mass is 16.5. The number of aliphatic hydroxyl groups is 2. The Labute approximate surface area is 112 Å². The summed E-state index contributed by atoms with van der Waals surface area (Å²) in [6, 6.07) is 0. The summed E-state index contributed by atoms with van der Waals surface area (Å²) in [5, 5.41) is 38.0. The van der Waals surface area contributed by atoms with Gasteiger partial charge in [0.2, 0.25) is 0 Å². The molecule has 0 heterocycles. The summed E-state index contributed by atoms with van der Waals surface area (Å²) in [6.45, 7) is 0. The zero-order chi connectivity index (χ0) is 14.5. The first-order chi connectivity index (χ1) is 8.82. The second-order valence-corrected chi connectivity index (χ2v) is 5.37. The minimum Gasteiger partial charge on any atom is -0.481 e. The number of hydrogen-bond donors (Lipinski definition) is 4. The molecule has 4 N–H and O–H groups in total. The van der Waals surface area contributed by atoms with E-state index in [1.165, 1.54) is 0 Å². The van der Waals surface area contributed by atoms with Gasteiger partial charge in [0.1, 0.15) is 5.41 Å². The molecule has 1 aliphatic carbocycles. The molecule has 0 saturated heterocycles. The van der Waals surface area contributed by atoms with Crippen LogP contribution in [0.25, 0.3) is 0 Å². The maximum Gasteiger partial charge on any atom is 0.315 e. The van der Waals surface area contributed by atoms with Crippen molar-refractivity contribution in [3.05, 3.63) is 0 Å². The van der Waals surface area contributed by atoms with Crippen molar-refractivity contribution in [1.29, 1.82) is 0 Å². The van der Waals surface area contributed by atoms with E-state index in [-0.39, 0.29) is 25.7 Å². The van der Waals surface area contributed by atoms with Crippen molar-refractivity contribution >= 4 is 11.9 Å². The fraction of sp³-hybridized carbons (Fsp3) is 0.846. The molecule has 0 amide bonds. The molecule has 1 aliphatic rings. The van der Waals surface area contributed by atoms with Gasteiger partial charge in [-0.1, -0.05) is 19.3 Å². The van der Waals surface area contributed by atoms with Crippen LogP contribution in [-0.2, 0) is 9.59 Å². The van der Waals surface area contributed by atoms with Crippen LogP contribution in [0.5, 0.6) is 0 Å². The molecular formula is C13H22O6. The van der Waals surface area contributed by atoms with Crippen molar-refractivity contribution in [2.75, 3.05) is 0 Å². The lowest BCUT2D eigenvalue weighted by Gasteiger charge is -2.37. The number of carbonyl (C=O) groups is 2. The van der Waals surface area contributed by atoms with Gasteiger partial charge in [0, 0.05) is 12.8 Å². The van der Waals surface area contributed by atoms with Gasteiger partial charge in [0.25, 0.3) is 0 Å². The number of carboxylic acids is 2. The Morgan fingerprint density at radius 3 is 2.05 bits per heavy atom. The van der Waals surface area contributed by atoms with Crippen LogP contribution in [0.4, 0.5) is 0 Å². The third-order valence-electron chi connectivity index (χ3n) is 4.05. The normalized spacial score (nSPS) is 18.4. The van der Waals surface area contributed by atoms with Crippen molar-refractivity contribution in [3.8, 4) is 0 Å². The molecule has 110 valence electrons. The Kier molecular flexibility index (Phi) is 5.31. The van der Waals surface area contributed by atoms with E-state index < -0.39 is 23.1 Å². The lowest BCUT2D eigenvalue weighted by molar-refractivity contribution is -0.249. The second kappa shape index (κ2) is 6.34. The minimum atomic E-state index is -2.21. The third-order valence-corrected chi connectivity index (χ3v) is 4.05. The molecule has 0 bridgehead atoms. The topological polar surface area (TPSA) is 115 Å². The molecular weight excluding hydrogens is 252 g/mol. The van der Waals surface area contributed by atoms with Gasteiger partial charge < -0.3 is 20.4 Å². The summed E-state index contributed by atoms with van der Waals surface area (Å²) in [4.78, 5) is 21.7.